The number of halogens is 1. The number of ether oxygens (including phenoxy) is 1. The van der Waals surface area contributed by atoms with E-state index in [2.05, 4.69) is 5.32 Å². The van der Waals surface area contributed by atoms with Gasteiger partial charge in [0.2, 0.25) is 5.91 Å². The van der Waals surface area contributed by atoms with Gasteiger partial charge in [0.1, 0.15) is 17.6 Å². The highest BCUT2D eigenvalue weighted by Gasteiger charge is 2.27. The Balaban J connectivity index is 2.13. The van der Waals surface area contributed by atoms with Crippen LogP contribution >= 0.6 is 0 Å². The van der Waals surface area contributed by atoms with Gasteiger partial charge in [0.25, 0.3) is 5.91 Å². The molecule has 0 heterocycles. The Labute approximate surface area is 171 Å². The summed E-state index contributed by atoms with van der Waals surface area (Å²) in [5, 5.41) is 2.92. The first-order valence-corrected chi connectivity index (χ1v) is 9.84. The summed E-state index contributed by atoms with van der Waals surface area (Å²) in [6.45, 7) is 7.67. The van der Waals surface area contributed by atoms with Crippen LogP contribution in [0.2, 0.25) is 0 Å². The molecule has 0 spiro atoms. The predicted octanol–water partition coefficient (Wildman–Crippen LogP) is 3.84. The van der Waals surface area contributed by atoms with Crippen LogP contribution < -0.4 is 10.1 Å². The minimum absolute atomic E-state index is 0.0248. The lowest BCUT2D eigenvalue weighted by Crippen LogP contribution is -2.50. The van der Waals surface area contributed by atoms with Crippen molar-refractivity contribution in [2.24, 2.45) is 0 Å². The summed E-state index contributed by atoms with van der Waals surface area (Å²) >= 11 is 0. The average molecular weight is 400 g/mol. The molecule has 6 heteroatoms. The number of carbonyl (C=O) groups excluding carboxylic acids is 2. The third kappa shape index (κ3) is 6.89. The van der Waals surface area contributed by atoms with Crippen LogP contribution in [0.5, 0.6) is 5.75 Å². The number of nitrogens with one attached hydrogen (secondary N) is 1. The number of nitrogens with zero attached hydrogens (tertiary/aromatic N) is 1. The van der Waals surface area contributed by atoms with Crippen molar-refractivity contribution in [2.45, 2.75) is 52.7 Å². The summed E-state index contributed by atoms with van der Waals surface area (Å²) in [6.07, 6.45) is 0.804. The van der Waals surface area contributed by atoms with Crippen LogP contribution in [0.1, 0.15) is 38.3 Å². The van der Waals surface area contributed by atoms with E-state index in [1.54, 1.807) is 6.92 Å². The van der Waals surface area contributed by atoms with Gasteiger partial charge in [-0.3, -0.25) is 9.59 Å². The molecule has 5 nitrogen and oxygen atoms in total. The van der Waals surface area contributed by atoms with Crippen molar-refractivity contribution in [3.05, 3.63) is 65.5 Å². The van der Waals surface area contributed by atoms with Crippen molar-refractivity contribution in [3.63, 3.8) is 0 Å². The van der Waals surface area contributed by atoms with Crippen LogP contribution in [0.25, 0.3) is 0 Å². The Morgan fingerprint density at radius 1 is 1.07 bits per heavy atom. The minimum atomic E-state index is -0.658. The van der Waals surface area contributed by atoms with E-state index in [0.717, 1.165) is 17.5 Å². The summed E-state index contributed by atoms with van der Waals surface area (Å²) in [7, 11) is 0. The molecule has 2 amide bonds. The highest BCUT2D eigenvalue weighted by Crippen LogP contribution is 2.14. The van der Waals surface area contributed by atoms with Gasteiger partial charge >= 0.3 is 0 Å². The Morgan fingerprint density at radius 2 is 1.69 bits per heavy atom. The molecule has 0 bridgehead atoms. The van der Waals surface area contributed by atoms with E-state index in [4.69, 9.17) is 4.74 Å². The van der Waals surface area contributed by atoms with Crippen molar-refractivity contribution in [1.29, 1.82) is 0 Å². The Bertz CT molecular complexity index is 806. The average Bonchev–Trinajstić information content (AvgIpc) is 2.72. The second kappa shape index (κ2) is 10.6. The van der Waals surface area contributed by atoms with Crippen molar-refractivity contribution >= 4 is 11.8 Å². The summed E-state index contributed by atoms with van der Waals surface area (Å²) in [6, 6.07) is 12.7. The molecule has 1 N–H and O–H groups in total. The molecule has 0 aliphatic carbocycles. The van der Waals surface area contributed by atoms with Gasteiger partial charge in [-0.2, -0.15) is 0 Å². The second-order valence-corrected chi connectivity index (χ2v) is 7.24. The zero-order chi connectivity index (χ0) is 21.4. The molecule has 2 rings (SSSR count). The first-order valence-electron chi connectivity index (χ1n) is 9.84. The standard InChI is InChI=1S/C23H29FN2O3/c1-5-17(3)25-23(28)18(4)26(14-19-8-6-16(2)7-9-19)22(27)15-29-21-12-10-20(24)11-13-21/h6-13,17-18H,5,14-15H2,1-4H3,(H,25,28)/t17-,18+/m1/s1. The monoisotopic (exact) mass is 400 g/mol. The van der Waals surface area contributed by atoms with Crippen LogP contribution in [0.4, 0.5) is 4.39 Å². The van der Waals surface area contributed by atoms with E-state index in [-0.39, 0.29) is 30.3 Å². The molecular weight excluding hydrogens is 371 g/mol. The van der Waals surface area contributed by atoms with E-state index < -0.39 is 6.04 Å². The lowest BCUT2D eigenvalue weighted by atomic mass is 10.1. The molecule has 156 valence electrons. The molecule has 29 heavy (non-hydrogen) atoms. The number of rotatable bonds is 9. The summed E-state index contributed by atoms with van der Waals surface area (Å²) in [5.74, 6) is -0.505. The van der Waals surface area contributed by atoms with Gasteiger partial charge in [0.05, 0.1) is 0 Å². The number of hydrogen-bond donors (Lipinski definition) is 1. The summed E-state index contributed by atoms with van der Waals surface area (Å²) < 4.78 is 18.5. The number of amides is 2. The zero-order valence-corrected chi connectivity index (χ0v) is 17.4. The van der Waals surface area contributed by atoms with Gasteiger partial charge in [-0.25, -0.2) is 4.39 Å². The number of aryl methyl sites for hydroxylation is 1. The number of benzene rings is 2. The third-order valence-corrected chi connectivity index (χ3v) is 4.82. The summed E-state index contributed by atoms with van der Waals surface area (Å²) in [4.78, 5) is 27.0. The van der Waals surface area contributed by atoms with Crippen molar-refractivity contribution in [1.82, 2.24) is 10.2 Å². The van der Waals surface area contributed by atoms with Crippen LogP contribution in [-0.2, 0) is 16.1 Å². The predicted molar refractivity (Wildman–Crippen MR) is 111 cm³/mol. The lowest BCUT2D eigenvalue weighted by molar-refractivity contribution is -0.142. The van der Waals surface area contributed by atoms with Gasteiger partial charge in [0.15, 0.2) is 6.61 Å². The molecule has 2 aromatic carbocycles. The van der Waals surface area contributed by atoms with Gasteiger partial charge in [-0.15, -0.1) is 0 Å². The molecule has 0 aromatic heterocycles. The molecule has 2 atom stereocenters. The van der Waals surface area contributed by atoms with E-state index in [0.29, 0.717) is 12.3 Å². The van der Waals surface area contributed by atoms with Crippen LogP contribution in [0, 0.1) is 12.7 Å². The Hall–Kier alpha value is -2.89. The van der Waals surface area contributed by atoms with Gasteiger partial charge < -0.3 is 15.0 Å². The van der Waals surface area contributed by atoms with Gasteiger partial charge in [0, 0.05) is 12.6 Å². The smallest absolute Gasteiger partial charge is 0.261 e. The molecular formula is C23H29FN2O3. The van der Waals surface area contributed by atoms with E-state index in [1.165, 1.54) is 29.2 Å². The zero-order valence-electron chi connectivity index (χ0n) is 17.4. The molecule has 2 aromatic rings. The lowest BCUT2D eigenvalue weighted by Gasteiger charge is -2.29. The molecule has 0 saturated carbocycles. The van der Waals surface area contributed by atoms with Gasteiger partial charge in [-0.05, 0) is 57.0 Å². The molecule has 0 aliphatic heterocycles. The Morgan fingerprint density at radius 3 is 2.28 bits per heavy atom. The molecule has 0 saturated heterocycles. The van der Waals surface area contributed by atoms with E-state index in [9.17, 15) is 14.0 Å². The Kier molecular flexibility index (Phi) is 8.19. The maximum absolute atomic E-state index is 13.0. The van der Waals surface area contributed by atoms with Crippen molar-refractivity contribution in [3.8, 4) is 5.75 Å². The van der Waals surface area contributed by atoms with Crippen molar-refractivity contribution < 1.29 is 18.7 Å². The van der Waals surface area contributed by atoms with E-state index in [1.807, 2.05) is 45.0 Å². The largest absolute Gasteiger partial charge is 0.484 e. The fourth-order valence-corrected chi connectivity index (χ4v) is 2.70. The topological polar surface area (TPSA) is 58.6 Å². The fourth-order valence-electron chi connectivity index (χ4n) is 2.70. The summed E-state index contributed by atoms with van der Waals surface area (Å²) in [5.41, 5.74) is 2.04. The molecule has 0 radical (unpaired) electrons. The normalized spacial score (nSPS) is 12.7. The molecule has 0 fully saturated rings. The molecule has 0 aliphatic rings. The second-order valence-electron chi connectivity index (χ2n) is 7.24. The van der Waals surface area contributed by atoms with Crippen LogP contribution in [0.3, 0.4) is 0 Å². The maximum Gasteiger partial charge on any atom is 0.261 e. The minimum Gasteiger partial charge on any atom is -0.484 e. The maximum atomic E-state index is 13.0. The van der Waals surface area contributed by atoms with Crippen LogP contribution in [0.15, 0.2) is 48.5 Å². The first-order chi connectivity index (χ1) is 13.8. The van der Waals surface area contributed by atoms with E-state index >= 15 is 0 Å². The number of hydrogen-bond acceptors (Lipinski definition) is 3. The van der Waals surface area contributed by atoms with Crippen molar-refractivity contribution in [2.75, 3.05) is 6.61 Å². The third-order valence-electron chi connectivity index (χ3n) is 4.82. The first kappa shape index (κ1) is 22.4. The SMILES string of the molecule is CC[C@@H](C)NC(=O)[C@H](C)N(Cc1ccc(C)cc1)C(=O)COc1ccc(F)cc1. The molecule has 0 unspecified atom stereocenters. The highest BCUT2D eigenvalue weighted by molar-refractivity contribution is 5.88. The van der Waals surface area contributed by atoms with Crippen LogP contribution in [-0.4, -0.2) is 35.4 Å². The number of carbonyl (C=O) groups is 2. The van der Waals surface area contributed by atoms with Gasteiger partial charge in [-0.1, -0.05) is 36.8 Å². The highest BCUT2D eigenvalue weighted by atomic mass is 19.1. The fraction of sp³-hybridized carbons (Fsp3) is 0.391. The quantitative estimate of drug-likeness (QED) is 0.696.